The fourth-order valence-corrected chi connectivity index (χ4v) is 2.99. The Kier molecular flexibility index (Phi) is 5.19. The van der Waals surface area contributed by atoms with Crippen LogP contribution in [-0.4, -0.2) is 13.9 Å². The molecule has 5 nitrogen and oxygen atoms in total. The molecule has 144 valence electrons. The fourth-order valence-electron chi connectivity index (χ4n) is 2.99. The van der Waals surface area contributed by atoms with Crippen molar-refractivity contribution < 1.29 is 23.3 Å². The van der Waals surface area contributed by atoms with E-state index >= 15 is 0 Å². The smallest absolute Gasteiger partial charge is 0.231 e. The first-order chi connectivity index (χ1) is 13.7. The fraction of sp³-hybridized carbons (Fsp3) is 0.182. The molecule has 0 spiro atoms. The maximum atomic E-state index is 13.9. The number of hydrogen-bond acceptors (Lipinski definition) is 5. The molecule has 0 saturated carbocycles. The number of rotatable bonds is 7. The zero-order chi connectivity index (χ0) is 19.3. The van der Waals surface area contributed by atoms with Gasteiger partial charge in [-0.3, -0.25) is 0 Å². The van der Waals surface area contributed by atoms with Gasteiger partial charge in [0.15, 0.2) is 23.0 Å². The molecule has 0 atom stereocenters. The topological polar surface area (TPSA) is 49.0 Å². The zero-order valence-corrected chi connectivity index (χ0v) is 15.4. The van der Waals surface area contributed by atoms with Crippen LogP contribution in [0.25, 0.3) is 0 Å². The van der Waals surface area contributed by atoms with Crippen molar-refractivity contribution in [3.63, 3.8) is 0 Å². The van der Waals surface area contributed by atoms with Crippen LogP contribution in [-0.2, 0) is 13.2 Å². The Hall–Kier alpha value is -3.41. The normalized spacial score (nSPS) is 11.9. The number of anilines is 1. The number of nitrogens with one attached hydrogen (secondary N) is 1. The highest BCUT2D eigenvalue weighted by Gasteiger charge is 2.15. The molecule has 1 N–H and O–H groups in total. The molecule has 28 heavy (non-hydrogen) atoms. The van der Waals surface area contributed by atoms with Crippen molar-refractivity contribution in [2.75, 3.05) is 19.2 Å². The Morgan fingerprint density at radius 3 is 2.64 bits per heavy atom. The largest absolute Gasteiger partial charge is 0.493 e. The predicted octanol–water partition coefficient (Wildman–Crippen LogP) is 4.75. The first-order valence-electron chi connectivity index (χ1n) is 8.90. The third kappa shape index (κ3) is 3.81. The van der Waals surface area contributed by atoms with Crippen LogP contribution in [0.5, 0.6) is 23.0 Å². The van der Waals surface area contributed by atoms with E-state index in [-0.39, 0.29) is 19.2 Å². The summed E-state index contributed by atoms with van der Waals surface area (Å²) in [7, 11) is 1.58. The molecule has 0 saturated heterocycles. The van der Waals surface area contributed by atoms with Crippen LogP contribution in [0.1, 0.15) is 11.1 Å². The van der Waals surface area contributed by atoms with Gasteiger partial charge in [0.2, 0.25) is 6.79 Å². The van der Waals surface area contributed by atoms with Gasteiger partial charge in [0.05, 0.1) is 7.11 Å². The van der Waals surface area contributed by atoms with Crippen LogP contribution in [0.3, 0.4) is 0 Å². The van der Waals surface area contributed by atoms with Crippen LogP contribution < -0.4 is 24.3 Å². The summed E-state index contributed by atoms with van der Waals surface area (Å²) in [4.78, 5) is 0. The van der Waals surface area contributed by atoms with Gasteiger partial charge in [-0.25, -0.2) is 4.39 Å². The number of benzene rings is 3. The van der Waals surface area contributed by atoms with Gasteiger partial charge in [-0.2, -0.15) is 0 Å². The van der Waals surface area contributed by atoms with E-state index < -0.39 is 0 Å². The lowest BCUT2D eigenvalue weighted by molar-refractivity contribution is 0.174. The van der Waals surface area contributed by atoms with Crippen LogP contribution in [0.4, 0.5) is 10.1 Å². The lowest BCUT2D eigenvalue weighted by Crippen LogP contribution is -2.06. The Morgan fingerprint density at radius 2 is 1.79 bits per heavy atom. The molecule has 1 heterocycles. The predicted molar refractivity (Wildman–Crippen MR) is 104 cm³/mol. The molecule has 1 aliphatic heterocycles. The van der Waals surface area contributed by atoms with E-state index in [1.807, 2.05) is 36.4 Å². The highest BCUT2D eigenvalue weighted by molar-refractivity contribution is 5.56. The second-order valence-electron chi connectivity index (χ2n) is 6.25. The van der Waals surface area contributed by atoms with Crippen LogP contribution in [0, 0.1) is 5.82 Å². The Labute approximate surface area is 162 Å². The molecule has 0 unspecified atom stereocenters. The third-order valence-corrected chi connectivity index (χ3v) is 4.47. The minimum atomic E-state index is -0.294. The van der Waals surface area contributed by atoms with Gasteiger partial charge >= 0.3 is 0 Å². The Morgan fingerprint density at radius 1 is 0.964 bits per heavy atom. The number of fused-ring (bicyclic) bond motifs is 1. The SMILES string of the molecule is COc1cccc(CNc2ccc3c(c2)OCO3)c1OCc1ccccc1F. The van der Waals surface area contributed by atoms with E-state index in [1.165, 1.54) is 6.07 Å². The van der Waals surface area contributed by atoms with Crippen molar-refractivity contribution in [1.82, 2.24) is 0 Å². The summed E-state index contributed by atoms with van der Waals surface area (Å²) in [5, 5.41) is 3.35. The number of hydrogen-bond donors (Lipinski definition) is 1. The molecule has 0 radical (unpaired) electrons. The second kappa shape index (κ2) is 8.08. The second-order valence-corrected chi connectivity index (χ2v) is 6.25. The van der Waals surface area contributed by atoms with Crippen molar-refractivity contribution in [1.29, 1.82) is 0 Å². The molecule has 0 aliphatic carbocycles. The van der Waals surface area contributed by atoms with Gasteiger partial charge in [0.1, 0.15) is 12.4 Å². The lowest BCUT2D eigenvalue weighted by Gasteiger charge is -2.16. The van der Waals surface area contributed by atoms with E-state index in [2.05, 4.69) is 5.32 Å². The molecule has 3 aromatic carbocycles. The van der Waals surface area contributed by atoms with Crippen LogP contribution in [0.2, 0.25) is 0 Å². The molecule has 4 rings (SSSR count). The highest BCUT2D eigenvalue weighted by Crippen LogP contribution is 2.36. The minimum Gasteiger partial charge on any atom is -0.493 e. The molecule has 0 bridgehead atoms. The first-order valence-corrected chi connectivity index (χ1v) is 8.90. The molecule has 0 fully saturated rings. The maximum absolute atomic E-state index is 13.9. The third-order valence-electron chi connectivity index (χ3n) is 4.47. The summed E-state index contributed by atoms with van der Waals surface area (Å²) in [6.07, 6.45) is 0. The van der Waals surface area contributed by atoms with Crippen LogP contribution in [0.15, 0.2) is 60.7 Å². The zero-order valence-electron chi connectivity index (χ0n) is 15.4. The summed E-state index contributed by atoms with van der Waals surface area (Å²) >= 11 is 0. The van der Waals surface area contributed by atoms with Crippen molar-refractivity contribution in [3.8, 4) is 23.0 Å². The van der Waals surface area contributed by atoms with Crippen molar-refractivity contribution in [3.05, 3.63) is 77.6 Å². The monoisotopic (exact) mass is 381 g/mol. The highest BCUT2D eigenvalue weighted by atomic mass is 19.1. The van der Waals surface area contributed by atoms with Crippen molar-refractivity contribution in [2.24, 2.45) is 0 Å². The standard InChI is InChI=1S/C22H20FNO4/c1-25-20-8-4-6-15(22(20)26-13-16-5-2-3-7-18(16)23)12-24-17-9-10-19-21(11-17)28-14-27-19/h2-11,24H,12-14H2,1H3. The summed E-state index contributed by atoms with van der Waals surface area (Å²) in [6.45, 7) is 0.857. The van der Waals surface area contributed by atoms with Crippen molar-refractivity contribution >= 4 is 5.69 Å². The molecule has 0 amide bonds. The molecule has 1 aliphatic rings. The molecule has 0 aromatic heterocycles. The minimum absolute atomic E-state index is 0.115. The average molecular weight is 381 g/mol. The quantitative estimate of drug-likeness (QED) is 0.640. The Balaban J connectivity index is 1.51. The van der Waals surface area contributed by atoms with Crippen LogP contribution >= 0.6 is 0 Å². The van der Waals surface area contributed by atoms with Gasteiger partial charge in [-0.15, -0.1) is 0 Å². The van der Waals surface area contributed by atoms with E-state index in [0.29, 0.717) is 29.4 Å². The number of ether oxygens (including phenoxy) is 4. The number of methoxy groups -OCH3 is 1. The first kappa shape index (κ1) is 18.0. The average Bonchev–Trinajstić information content (AvgIpc) is 3.19. The number of para-hydroxylation sites is 1. The van der Waals surface area contributed by atoms with Gasteiger partial charge in [0, 0.05) is 29.4 Å². The summed E-state index contributed by atoms with van der Waals surface area (Å²) in [6, 6.07) is 17.9. The lowest BCUT2D eigenvalue weighted by atomic mass is 10.1. The van der Waals surface area contributed by atoms with Gasteiger partial charge < -0.3 is 24.3 Å². The van der Waals surface area contributed by atoms with Crippen molar-refractivity contribution in [2.45, 2.75) is 13.2 Å². The maximum Gasteiger partial charge on any atom is 0.231 e. The van der Waals surface area contributed by atoms with E-state index in [0.717, 1.165) is 17.0 Å². The summed E-state index contributed by atoms with van der Waals surface area (Å²) < 4.78 is 36.0. The van der Waals surface area contributed by atoms with Gasteiger partial charge in [-0.1, -0.05) is 30.3 Å². The molecule has 6 heteroatoms. The molecular formula is C22H20FNO4. The molecule has 3 aromatic rings. The molecular weight excluding hydrogens is 361 g/mol. The van der Waals surface area contributed by atoms with E-state index in [4.69, 9.17) is 18.9 Å². The summed E-state index contributed by atoms with van der Waals surface area (Å²) in [5.41, 5.74) is 2.28. The van der Waals surface area contributed by atoms with E-state index in [9.17, 15) is 4.39 Å². The van der Waals surface area contributed by atoms with E-state index in [1.54, 1.807) is 25.3 Å². The number of halogens is 1. The Bertz CT molecular complexity index is 977. The summed E-state index contributed by atoms with van der Waals surface area (Å²) in [5.74, 6) is 2.34. The van der Waals surface area contributed by atoms with Gasteiger partial charge in [0.25, 0.3) is 0 Å². The van der Waals surface area contributed by atoms with Gasteiger partial charge in [-0.05, 0) is 24.3 Å².